The number of nitrogens with zero attached hydrogens (tertiary/aromatic N) is 3. The summed E-state index contributed by atoms with van der Waals surface area (Å²) in [6, 6.07) is 6.95. The smallest absolute Gasteiger partial charge is 0.321 e. The number of hydrogen-bond acceptors (Lipinski definition) is 4. The van der Waals surface area contributed by atoms with Crippen molar-refractivity contribution in [2.45, 2.75) is 18.9 Å². The van der Waals surface area contributed by atoms with E-state index >= 15 is 0 Å². The molecule has 0 atom stereocenters. The van der Waals surface area contributed by atoms with E-state index in [9.17, 15) is 4.79 Å². The van der Waals surface area contributed by atoms with E-state index in [2.05, 4.69) is 15.3 Å². The van der Waals surface area contributed by atoms with Gasteiger partial charge in [0, 0.05) is 49.0 Å². The summed E-state index contributed by atoms with van der Waals surface area (Å²) in [6.45, 7) is 1.29. The van der Waals surface area contributed by atoms with Gasteiger partial charge in [0.2, 0.25) is 5.88 Å². The summed E-state index contributed by atoms with van der Waals surface area (Å²) in [5.41, 5.74) is 0.734. The Bertz CT molecular complexity index is 643. The van der Waals surface area contributed by atoms with E-state index in [1.54, 1.807) is 47.8 Å². The summed E-state index contributed by atoms with van der Waals surface area (Å²) in [7, 11) is 0. The fourth-order valence-corrected chi connectivity index (χ4v) is 2.56. The summed E-state index contributed by atoms with van der Waals surface area (Å²) in [4.78, 5) is 22.1. The second kappa shape index (κ2) is 7.28. The van der Waals surface area contributed by atoms with Gasteiger partial charge in [-0.25, -0.2) is 9.78 Å². The molecule has 2 aromatic rings. The van der Waals surface area contributed by atoms with Gasteiger partial charge < -0.3 is 15.0 Å². The lowest BCUT2D eigenvalue weighted by atomic mass is 10.1. The van der Waals surface area contributed by atoms with Crippen molar-refractivity contribution in [1.29, 1.82) is 0 Å². The predicted molar refractivity (Wildman–Crippen MR) is 87.7 cm³/mol. The molecule has 1 N–H and O–H groups in total. The number of carbonyl (C=O) groups excluding carboxylic acids is 1. The predicted octanol–water partition coefficient (Wildman–Crippen LogP) is 3.21. The van der Waals surface area contributed by atoms with Crippen LogP contribution in [0.5, 0.6) is 5.88 Å². The highest BCUT2D eigenvalue weighted by molar-refractivity contribution is 6.30. The topological polar surface area (TPSA) is 67.4 Å². The Kier molecular flexibility index (Phi) is 4.92. The standard InChI is InChI=1S/C16H17ClN4O2/c17-12-1-3-13(4-2-12)20-16(22)21-9-5-14(6-10-21)23-15-11-18-7-8-19-15/h1-4,7-8,11,14H,5-6,9-10H2,(H,20,22). The molecule has 6 nitrogen and oxygen atoms in total. The molecule has 1 fully saturated rings. The molecule has 1 saturated heterocycles. The maximum atomic E-state index is 12.2. The molecule has 1 aliphatic rings. The largest absolute Gasteiger partial charge is 0.473 e. The van der Waals surface area contributed by atoms with E-state index in [-0.39, 0.29) is 12.1 Å². The first-order valence-corrected chi connectivity index (χ1v) is 7.83. The molecular weight excluding hydrogens is 316 g/mol. The van der Waals surface area contributed by atoms with Gasteiger partial charge >= 0.3 is 6.03 Å². The molecule has 0 saturated carbocycles. The Hall–Kier alpha value is -2.34. The van der Waals surface area contributed by atoms with Gasteiger partial charge in [-0.05, 0) is 24.3 Å². The van der Waals surface area contributed by atoms with Crippen LogP contribution in [-0.4, -0.2) is 40.1 Å². The van der Waals surface area contributed by atoms with E-state index in [1.807, 2.05) is 0 Å². The number of carbonyl (C=O) groups is 1. The van der Waals surface area contributed by atoms with Gasteiger partial charge in [-0.2, -0.15) is 0 Å². The molecule has 1 aromatic heterocycles. The van der Waals surface area contributed by atoms with Gasteiger partial charge in [-0.1, -0.05) is 11.6 Å². The number of urea groups is 1. The second-order valence-corrected chi connectivity index (χ2v) is 5.72. The number of rotatable bonds is 3. The molecule has 1 aromatic carbocycles. The summed E-state index contributed by atoms with van der Waals surface area (Å²) < 4.78 is 5.77. The number of aromatic nitrogens is 2. The Labute approximate surface area is 139 Å². The number of piperidine rings is 1. The summed E-state index contributed by atoms with van der Waals surface area (Å²) in [5.74, 6) is 0.525. The van der Waals surface area contributed by atoms with Crippen molar-refractivity contribution in [3.8, 4) is 5.88 Å². The molecule has 2 amide bonds. The molecule has 1 aliphatic heterocycles. The van der Waals surface area contributed by atoms with Crippen LogP contribution in [0.25, 0.3) is 0 Å². The molecule has 7 heteroatoms. The fourth-order valence-electron chi connectivity index (χ4n) is 2.43. The third-order valence-corrected chi connectivity index (χ3v) is 3.90. The molecule has 0 aliphatic carbocycles. The van der Waals surface area contributed by atoms with Crippen LogP contribution in [0.4, 0.5) is 10.5 Å². The van der Waals surface area contributed by atoms with Gasteiger partial charge in [-0.3, -0.25) is 4.98 Å². The lowest BCUT2D eigenvalue weighted by Gasteiger charge is -2.31. The minimum atomic E-state index is -0.106. The number of nitrogens with one attached hydrogen (secondary N) is 1. The molecule has 0 unspecified atom stereocenters. The van der Waals surface area contributed by atoms with Gasteiger partial charge in [0.15, 0.2) is 0 Å². The van der Waals surface area contributed by atoms with Crippen LogP contribution >= 0.6 is 11.6 Å². The van der Waals surface area contributed by atoms with Crippen LogP contribution in [0.1, 0.15) is 12.8 Å². The minimum absolute atomic E-state index is 0.0614. The average molecular weight is 333 g/mol. The van der Waals surface area contributed by atoms with Crippen molar-refractivity contribution < 1.29 is 9.53 Å². The van der Waals surface area contributed by atoms with Gasteiger partial charge in [0.1, 0.15) is 6.10 Å². The van der Waals surface area contributed by atoms with Crippen molar-refractivity contribution in [3.63, 3.8) is 0 Å². The zero-order chi connectivity index (χ0) is 16.1. The highest BCUT2D eigenvalue weighted by Crippen LogP contribution is 2.18. The maximum absolute atomic E-state index is 12.2. The third kappa shape index (κ3) is 4.32. The Balaban J connectivity index is 1.48. The van der Waals surface area contributed by atoms with Crippen LogP contribution in [0.3, 0.4) is 0 Å². The minimum Gasteiger partial charge on any atom is -0.473 e. The van der Waals surface area contributed by atoms with E-state index in [0.29, 0.717) is 24.0 Å². The number of amides is 2. The highest BCUT2D eigenvalue weighted by Gasteiger charge is 2.24. The first-order chi connectivity index (χ1) is 11.2. The molecule has 0 radical (unpaired) electrons. The summed E-state index contributed by atoms with van der Waals surface area (Å²) in [6.07, 6.45) is 6.40. The lowest BCUT2D eigenvalue weighted by Crippen LogP contribution is -2.43. The van der Waals surface area contributed by atoms with Crippen molar-refractivity contribution in [2.24, 2.45) is 0 Å². The fraction of sp³-hybridized carbons (Fsp3) is 0.312. The zero-order valence-electron chi connectivity index (χ0n) is 12.5. The Morgan fingerprint density at radius 2 is 1.96 bits per heavy atom. The van der Waals surface area contributed by atoms with Crippen LogP contribution in [-0.2, 0) is 0 Å². The quantitative estimate of drug-likeness (QED) is 0.937. The zero-order valence-corrected chi connectivity index (χ0v) is 13.2. The Morgan fingerprint density at radius 3 is 2.61 bits per heavy atom. The normalized spacial score (nSPS) is 15.3. The van der Waals surface area contributed by atoms with Crippen molar-refractivity contribution in [2.75, 3.05) is 18.4 Å². The number of likely N-dealkylation sites (tertiary alicyclic amines) is 1. The second-order valence-electron chi connectivity index (χ2n) is 5.28. The van der Waals surface area contributed by atoms with E-state index in [4.69, 9.17) is 16.3 Å². The third-order valence-electron chi connectivity index (χ3n) is 3.65. The molecule has 2 heterocycles. The van der Waals surface area contributed by atoms with E-state index in [0.717, 1.165) is 18.5 Å². The van der Waals surface area contributed by atoms with E-state index in [1.165, 1.54) is 0 Å². The van der Waals surface area contributed by atoms with Crippen LogP contribution in [0.2, 0.25) is 5.02 Å². The number of ether oxygens (including phenoxy) is 1. The van der Waals surface area contributed by atoms with Gasteiger partial charge in [-0.15, -0.1) is 0 Å². The number of anilines is 1. The van der Waals surface area contributed by atoms with Crippen molar-refractivity contribution in [1.82, 2.24) is 14.9 Å². The van der Waals surface area contributed by atoms with Crippen LogP contribution < -0.4 is 10.1 Å². The number of benzene rings is 1. The van der Waals surface area contributed by atoms with Crippen molar-refractivity contribution >= 4 is 23.3 Å². The van der Waals surface area contributed by atoms with Crippen molar-refractivity contribution in [3.05, 3.63) is 47.9 Å². The Morgan fingerprint density at radius 1 is 1.22 bits per heavy atom. The summed E-state index contributed by atoms with van der Waals surface area (Å²) >= 11 is 5.83. The SMILES string of the molecule is O=C(Nc1ccc(Cl)cc1)N1CCC(Oc2cnccn2)CC1. The van der Waals surface area contributed by atoms with E-state index < -0.39 is 0 Å². The molecule has 0 spiro atoms. The lowest BCUT2D eigenvalue weighted by molar-refractivity contribution is 0.111. The van der Waals surface area contributed by atoms with Crippen LogP contribution in [0.15, 0.2) is 42.9 Å². The van der Waals surface area contributed by atoms with Gasteiger partial charge in [0.25, 0.3) is 0 Å². The monoisotopic (exact) mass is 332 g/mol. The average Bonchev–Trinajstić information content (AvgIpc) is 2.58. The van der Waals surface area contributed by atoms with Crippen LogP contribution in [0, 0.1) is 0 Å². The molecule has 23 heavy (non-hydrogen) atoms. The molecule has 3 rings (SSSR count). The van der Waals surface area contributed by atoms with Gasteiger partial charge in [0.05, 0.1) is 6.20 Å². The molecule has 0 bridgehead atoms. The first kappa shape index (κ1) is 15.6. The first-order valence-electron chi connectivity index (χ1n) is 7.45. The highest BCUT2D eigenvalue weighted by atomic mass is 35.5. The summed E-state index contributed by atoms with van der Waals surface area (Å²) in [5, 5.41) is 3.51. The molecule has 120 valence electrons. The number of halogens is 1. The maximum Gasteiger partial charge on any atom is 0.321 e. The molecular formula is C16H17ClN4O2. The number of hydrogen-bond donors (Lipinski definition) is 1.